The van der Waals surface area contributed by atoms with Crippen LogP contribution in [0.1, 0.15) is 33.1 Å². The quantitative estimate of drug-likeness (QED) is 0.427. The van der Waals surface area contributed by atoms with Gasteiger partial charge in [0.1, 0.15) is 5.82 Å². The molecule has 1 amide bonds. The summed E-state index contributed by atoms with van der Waals surface area (Å²) in [6, 6.07) is 11.9. The maximum absolute atomic E-state index is 13.6. The molecule has 1 fully saturated rings. The lowest BCUT2D eigenvalue weighted by atomic mass is 9.85. The fourth-order valence-electron chi connectivity index (χ4n) is 4.45. The number of hydrogen-bond donors (Lipinski definition) is 2. The summed E-state index contributed by atoms with van der Waals surface area (Å²) < 4.78 is 17.0. The maximum atomic E-state index is 13.6. The monoisotopic (exact) mass is 461 g/mol. The predicted molar refractivity (Wildman–Crippen MR) is 131 cm³/mol. The lowest BCUT2D eigenvalue weighted by molar-refractivity contribution is -0.122. The third-order valence-electron chi connectivity index (χ3n) is 6.52. The van der Waals surface area contributed by atoms with E-state index in [1.54, 1.807) is 28.3 Å². The summed E-state index contributed by atoms with van der Waals surface area (Å²) in [5.41, 5.74) is 4.45. The molecule has 2 heterocycles. The minimum absolute atomic E-state index is 0.0226. The van der Waals surface area contributed by atoms with Crippen LogP contribution in [0, 0.1) is 17.7 Å². The summed E-state index contributed by atoms with van der Waals surface area (Å²) in [6.07, 6.45) is 2.85. The second-order valence-electron chi connectivity index (χ2n) is 9.48. The molecule has 1 aliphatic carbocycles. The van der Waals surface area contributed by atoms with E-state index in [4.69, 9.17) is 4.98 Å². The number of fused-ring (bicyclic) bond motifs is 1. The van der Waals surface area contributed by atoms with Crippen molar-refractivity contribution in [2.45, 2.75) is 39.7 Å². The third-order valence-corrected chi connectivity index (χ3v) is 6.52. The van der Waals surface area contributed by atoms with Crippen molar-refractivity contribution in [2.75, 3.05) is 5.32 Å². The molecule has 176 valence electrons. The maximum Gasteiger partial charge on any atom is 0.328 e. The lowest BCUT2D eigenvalue weighted by Gasteiger charge is -2.23. The van der Waals surface area contributed by atoms with Crippen molar-refractivity contribution in [2.24, 2.45) is 18.9 Å². The number of carbonyl (C=O) groups is 1. The average Bonchev–Trinajstić information content (AvgIpc) is 3.27. The van der Waals surface area contributed by atoms with Crippen LogP contribution < -0.4 is 11.0 Å². The van der Waals surface area contributed by atoms with Crippen LogP contribution in [0.25, 0.3) is 33.5 Å². The first kappa shape index (κ1) is 22.1. The van der Waals surface area contributed by atoms with Gasteiger partial charge in [-0.1, -0.05) is 26.3 Å². The number of halogens is 1. The van der Waals surface area contributed by atoms with Gasteiger partial charge in [-0.05, 0) is 55.2 Å². The second kappa shape index (κ2) is 8.59. The molecule has 8 heteroatoms. The van der Waals surface area contributed by atoms with Crippen molar-refractivity contribution >= 4 is 22.9 Å². The van der Waals surface area contributed by atoms with E-state index < -0.39 is 0 Å². The minimum atomic E-state index is -0.328. The second-order valence-corrected chi connectivity index (χ2v) is 9.48. The summed E-state index contributed by atoms with van der Waals surface area (Å²) in [5, 5.41) is 2.90. The van der Waals surface area contributed by atoms with Crippen LogP contribution in [-0.2, 0) is 18.4 Å². The molecule has 1 saturated carbocycles. The highest BCUT2D eigenvalue weighted by molar-refractivity contribution is 5.93. The lowest BCUT2D eigenvalue weighted by Crippen LogP contribution is -2.28. The third kappa shape index (κ3) is 3.93. The normalized spacial score (nSPS) is 14.0. The standard InChI is InChI=1S/C26H28FN5O2/c1-15(2)14-32-20-12-9-18(13-21(20)31(3)26(32)34)23-22(16-7-10-19(27)11-8-16)28-25(29-23)30-24(33)17-5-4-6-17/h7-13,15,17H,4-6,14H2,1-3H3,(H2,28,29,30,33). The first-order valence-electron chi connectivity index (χ1n) is 11.7. The number of amides is 1. The number of benzene rings is 2. The number of imidazole rings is 2. The molecule has 34 heavy (non-hydrogen) atoms. The van der Waals surface area contributed by atoms with Gasteiger partial charge in [-0.2, -0.15) is 0 Å². The molecule has 2 N–H and O–H groups in total. The van der Waals surface area contributed by atoms with Crippen LogP contribution in [-0.4, -0.2) is 25.0 Å². The number of aryl methyl sites for hydroxylation is 1. The van der Waals surface area contributed by atoms with E-state index in [0.29, 0.717) is 29.8 Å². The molecule has 7 nitrogen and oxygen atoms in total. The Morgan fingerprint density at radius 3 is 2.50 bits per heavy atom. The van der Waals surface area contributed by atoms with Gasteiger partial charge in [0, 0.05) is 30.6 Å². The molecule has 0 bridgehead atoms. The van der Waals surface area contributed by atoms with E-state index in [2.05, 4.69) is 24.1 Å². The Kier molecular flexibility index (Phi) is 5.59. The molecule has 0 unspecified atom stereocenters. The molecular weight excluding hydrogens is 433 g/mol. The number of aromatic amines is 1. The summed E-state index contributed by atoms with van der Waals surface area (Å²) in [5.74, 6) is 0.347. The van der Waals surface area contributed by atoms with Crippen LogP contribution in [0.3, 0.4) is 0 Å². The molecule has 0 atom stereocenters. The van der Waals surface area contributed by atoms with E-state index in [-0.39, 0.29) is 23.3 Å². The van der Waals surface area contributed by atoms with E-state index in [0.717, 1.165) is 41.4 Å². The molecular formula is C26H28FN5O2. The van der Waals surface area contributed by atoms with Crippen molar-refractivity contribution in [3.05, 3.63) is 58.8 Å². The fraction of sp³-hybridized carbons (Fsp3) is 0.346. The van der Waals surface area contributed by atoms with Gasteiger partial charge in [-0.3, -0.25) is 19.2 Å². The van der Waals surface area contributed by atoms with Crippen molar-refractivity contribution in [3.8, 4) is 22.5 Å². The van der Waals surface area contributed by atoms with Gasteiger partial charge in [-0.25, -0.2) is 14.2 Å². The number of nitrogens with zero attached hydrogens (tertiary/aromatic N) is 3. The van der Waals surface area contributed by atoms with E-state index >= 15 is 0 Å². The predicted octanol–water partition coefficient (Wildman–Crippen LogP) is 4.93. The van der Waals surface area contributed by atoms with Gasteiger partial charge < -0.3 is 4.98 Å². The van der Waals surface area contributed by atoms with Crippen molar-refractivity contribution in [1.82, 2.24) is 19.1 Å². The van der Waals surface area contributed by atoms with Crippen LogP contribution >= 0.6 is 0 Å². The first-order chi connectivity index (χ1) is 16.3. The summed E-state index contributed by atoms with van der Waals surface area (Å²) in [6.45, 7) is 4.80. The van der Waals surface area contributed by atoms with Gasteiger partial charge in [0.15, 0.2) is 0 Å². The smallest absolute Gasteiger partial charge is 0.323 e. The highest BCUT2D eigenvalue weighted by Gasteiger charge is 2.26. The SMILES string of the molecule is CC(C)Cn1c(=O)n(C)c2cc(-c3nc(NC(=O)C4CCC4)[nH]c3-c3ccc(F)cc3)ccc21. The van der Waals surface area contributed by atoms with Crippen molar-refractivity contribution in [3.63, 3.8) is 0 Å². The van der Waals surface area contributed by atoms with Crippen LogP contribution in [0.5, 0.6) is 0 Å². The van der Waals surface area contributed by atoms with Crippen LogP contribution in [0.4, 0.5) is 10.3 Å². The van der Waals surface area contributed by atoms with Gasteiger partial charge >= 0.3 is 5.69 Å². The Morgan fingerprint density at radius 1 is 1.15 bits per heavy atom. The molecule has 0 radical (unpaired) electrons. The molecule has 2 aromatic carbocycles. The van der Waals surface area contributed by atoms with Gasteiger partial charge in [0.2, 0.25) is 11.9 Å². The van der Waals surface area contributed by atoms with Crippen LogP contribution in [0.15, 0.2) is 47.3 Å². The van der Waals surface area contributed by atoms with E-state index in [9.17, 15) is 14.0 Å². The van der Waals surface area contributed by atoms with E-state index in [1.165, 1.54) is 12.1 Å². The fourth-order valence-corrected chi connectivity index (χ4v) is 4.45. The molecule has 0 aliphatic heterocycles. The first-order valence-corrected chi connectivity index (χ1v) is 11.7. The van der Waals surface area contributed by atoms with Crippen molar-refractivity contribution < 1.29 is 9.18 Å². The molecule has 4 aromatic rings. The molecule has 2 aromatic heterocycles. The molecule has 0 saturated heterocycles. The Hall–Kier alpha value is -3.68. The molecule has 1 aliphatic rings. The Labute approximate surface area is 196 Å². The zero-order chi connectivity index (χ0) is 24.0. The largest absolute Gasteiger partial charge is 0.328 e. The van der Waals surface area contributed by atoms with Crippen LogP contribution in [0.2, 0.25) is 0 Å². The van der Waals surface area contributed by atoms with Crippen molar-refractivity contribution in [1.29, 1.82) is 0 Å². The van der Waals surface area contributed by atoms with Gasteiger partial charge in [0.05, 0.1) is 22.4 Å². The summed E-state index contributed by atoms with van der Waals surface area (Å²) in [4.78, 5) is 33.3. The number of hydrogen-bond acceptors (Lipinski definition) is 3. The minimum Gasteiger partial charge on any atom is -0.323 e. The molecule has 5 rings (SSSR count). The highest BCUT2D eigenvalue weighted by atomic mass is 19.1. The number of carbonyl (C=O) groups excluding carboxylic acids is 1. The van der Waals surface area contributed by atoms with Gasteiger partial charge in [-0.15, -0.1) is 0 Å². The summed E-state index contributed by atoms with van der Waals surface area (Å²) >= 11 is 0. The highest BCUT2D eigenvalue weighted by Crippen LogP contribution is 2.34. The number of nitrogens with one attached hydrogen (secondary N) is 2. The number of rotatable bonds is 6. The number of anilines is 1. The van der Waals surface area contributed by atoms with Gasteiger partial charge in [0.25, 0.3) is 0 Å². The number of aromatic nitrogens is 4. The Balaban J connectivity index is 1.61. The molecule has 0 spiro atoms. The van der Waals surface area contributed by atoms with E-state index in [1.807, 2.05) is 18.2 Å². The zero-order valence-corrected chi connectivity index (χ0v) is 19.6. The number of H-pyrrole nitrogens is 1. The Morgan fingerprint density at radius 2 is 1.85 bits per heavy atom. The topological polar surface area (TPSA) is 84.7 Å². The Bertz CT molecular complexity index is 1420. The zero-order valence-electron chi connectivity index (χ0n) is 19.6. The summed E-state index contributed by atoms with van der Waals surface area (Å²) in [7, 11) is 1.76. The average molecular weight is 462 g/mol.